The highest BCUT2D eigenvalue weighted by molar-refractivity contribution is 4.89. The Labute approximate surface area is 116 Å². The van der Waals surface area contributed by atoms with Crippen molar-refractivity contribution < 1.29 is 8.78 Å². The maximum Gasteiger partial charge on any atom is 0.251 e. The third-order valence-corrected chi connectivity index (χ3v) is 4.17. The van der Waals surface area contributed by atoms with Gasteiger partial charge in [-0.2, -0.15) is 0 Å². The van der Waals surface area contributed by atoms with E-state index in [9.17, 15) is 8.78 Å². The molecule has 0 aromatic heterocycles. The molecule has 1 fully saturated rings. The average molecular weight is 276 g/mol. The highest BCUT2D eigenvalue weighted by Crippen LogP contribution is 2.39. The van der Waals surface area contributed by atoms with Crippen molar-refractivity contribution in [2.45, 2.75) is 52.4 Å². The number of nitrogens with one attached hydrogen (secondary N) is 1. The normalized spacial score (nSPS) is 28.3. The van der Waals surface area contributed by atoms with Gasteiger partial charge in [0.15, 0.2) is 0 Å². The van der Waals surface area contributed by atoms with Crippen molar-refractivity contribution in [2.24, 2.45) is 11.3 Å². The van der Waals surface area contributed by atoms with Crippen LogP contribution in [0.25, 0.3) is 0 Å². The molecule has 2 unspecified atom stereocenters. The van der Waals surface area contributed by atoms with Crippen LogP contribution in [0.5, 0.6) is 0 Å². The first-order valence-electron chi connectivity index (χ1n) is 7.65. The van der Waals surface area contributed by atoms with Gasteiger partial charge in [-0.1, -0.05) is 26.7 Å². The second-order valence-electron chi connectivity index (χ2n) is 6.47. The molecule has 0 aromatic rings. The van der Waals surface area contributed by atoms with Gasteiger partial charge in [-0.15, -0.1) is 0 Å². The van der Waals surface area contributed by atoms with E-state index in [1.165, 1.54) is 19.3 Å². The lowest BCUT2D eigenvalue weighted by Crippen LogP contribution is -2.46. The molecule has 114 valence electrons. The number of halogens is 2. The van der Waals surface area contributed by atoms with Gasteiger partial charge in [0, 0.05) is 13.1 Å². The van der Waals surface area contributed by atoms with Gasteiger partial charge in [-0.05, 0) is 44.2 Å². The Hall–Kier alpha value is -0.220. The molecule has 0 bridgehead atoms. The lowest BCUT2D eigenvalue weighted by atomic mass is 9.69. The highest BCUT2D eigenvalue weighted by Gasteiger charge is 2.35. The second kappa shape index (κ2) is 8.15. The molecule has 0 aromatic carbocycles. The van der Waals surface area contributed by atoms with Gasteiger partial charge in [-0.25, -0.2) is 8.78 Å². The van der Waals surface area contributed by atoms with E-state index in [2.05, 4.69) is 19.2 Å². The summed E-state index contributed by atoms with van der Waals surface area (Å²) in [5.41, 5.74) is 0.191. The van der Waals surface area contributed by atoms with Crippen LogP contribution in [-0.4, -0.2) is 44.6 Å². The average Bonchev–Trinajstić information content (AvgIpc) is 2.27. The standard InChI is InChI=1S/C15H30F2N2/c1-4-8-18-11-15(7-5-6-13(2)9-15)12-19(3)10-14(16)17/h13-14,18H,4-12H2,1-3H3. The molecule has 19 heavy (non-hydrogen) atoms. The molecule has 0 radical (unpaired) electrons. The van der Waals surface area contributed by atoms with E-state index < -0.39 is 6.43 Å². The van der Waals surface area contributed by atoms with E-state index in [4.69, 9.17) is 0 Å². The number of rotatable bonds is 8. The van der Waals surface area contributed by atoms with Crippen molar-refractivity contribution >= 4 is 0 Å². The molecule has 1 rings (SSSR count). The lowest BCUT2D eigenvalue weighted by molar-refractivity contribution is 0.0501. The number of hydrogen-bond acceptors (Lipinski definition) is 2. The minimum atomic E-state index is -2.23. The van der Waals surface area contributed by atoms with Crippen LogP contribution < -0.4 is 5.32 Å². The Kier molecular flexibility index (Phi) is 7.22. The summed E-state index contributed by atoms with van der Waals surface area (Å²) in [7, 11) is 1.83. The molecule has 1 N–H and O–H groups in total. The summed E-state index contributed by atoms with van der Waals surface area (Å²) < 4.78 is 25.0. The zero-order valence-electron chi connectivity index (χ0n) is 12.7. The Morgan fingerprint density at radius 2 is 2.16 bits per heavy atom. The van der Waals surface area contributed by atoms with Crippen LogP contribution in [0.4, 0.5) is 8.78 Å². The lowest BCUT2D eigenvalue weighted by Gasteiger charge is -2.43. The van der Waals surface area contributed by atoms with Gasteiger partial charge < -0.3 is 10.2 Å². The van der Waals surface area contributed by atoms with Gasteiger partial charge in [0.2, 0.25) is 0 Å². The molecular weight excluding hydrogens is 246 g/mol. The van der Waals surface area contributed by atoms with Crippen LogP contribution in [0.2, 0.25) is 0 Å². The number of nitrogens with zero attached hydrogens (tertiary/aromatic N) is 1. The minimum Gasteiger partial charge on any atom is -0.316 e. The molecule has 2 atom stereocenters. The quantitative estimate of drug-likeness (QED) is 0.684. The molecule has 2 nitrogen and oxygen atoms in total. The summed E-state index contributed by atoms with van der Waals surface area (Å²) in [6.45, 7) is 7.13. The summed E-state index contributed by atoms with van der Waals surface area (Å²) in [6.07, 6.45) is 3.75. The first-order chi connectivity index (χ1) is 8.97. The number of alkyl halides is 2. The fourth-order valence-electron chi connectivity index (χ4n) is 3.53. The summed E-state index contributed by atoms with van der Waals surface area (Å²) >= 11 is 0. The highest BCUT2D eigenvalue weighted by atomic mass is 19.3. The molecule has 0 aliphatic heterocycles. The molecule has 1 aliphatic rings. The van der Waals surface area contributed by atoms with E-state index >= 15 is 0 Å². The van der Waals surface area contributed by atoms with Crippen molar-refractivity contribution in [2.75, 3.05) is 33.2 Å². The van der Waals surface area contributed by atoms with Crippen LogP contribution in [0, 0.1) is 11.3 Å². The van der Waals surface area contributed by atoms with E-state index in [-0.39, 0.29) is 12.0 Å². The van der Waals surface area contributed by atoms with Gasteiger partial charge in [0.05, 0.1) is 6.54 Å². The summed E-state index contributed by atoms with van der Waals surface area (Å²) in [5, 5.41) is 3.51. The molecule has 4 heteroatoms. The monoisotopic (exact) mass is 276 g/mol. The van der Waals surface area contributed by atoms with Gasteiger partial charge in [-0.3, -0.25) is 0 Å². The fraction of sp³-hybridized carbons (Fsp3) is 1.00. The molecule has 0 spiro atoms. The molecular formula is C15H30F2N2. The Balaban J connectivity index is 2.57. The predicted molar refractivity (Wildman–Crippen MR) is 76.7 cm³/mol. The summed E-state index contributed by atoms with van der Waals surface area (Å²) in [5.74, 6) is 0.720. The maximum absolute atomic E-state index is 12.5. The Morgan fingerprint density at radius 1 is 1.42 bits per heavy atom. The van der Waals surface area contributed by atoms with Gasteiger partial charge >= 0.3 is 0 Å². The number of hydrogen-bond donors (Lipinski definition) is 1. The first-order valence-corrected chi connectivity index (χ1v) is 7.65. The van der Waals surface area contributed by atoms with E-state index in [1.54, 1.807) is 0 Å². The third kappa shape index (κ3) is 6.17. The van der Waals surface area contributed by atoms with Crippen molar-refractivity contribution in [3.05, 3.63) is 0 Å². The van der Waals surface area contributed by atoms with Crippen LogP contribution in [-0.2, 0) is 0 Å². The Bertz CT molecular complexity index is 248. The van der Waals surface area contributed by atoms with E-state index in [1.807, 2.05) is 11.9 Å². The second-order valence-corrected chi connectivity index (χ2v) is 6.47. The van der Waals surface area contributed by atoms with Gasteiger partial charge in [0.25, 0.3) is 6.43 Å². The maximum atomic E-state index is 12.5. The fourth-order valence-corrected chi connectivity index (χ4v) is 3.53. The smallest absolute Gasteiger partial charge is 0.251 e. The topological polar surface area (TPSA) is 15.3 Å². The molecule has 0 heterocycles. The predicted octanol–water partition coefficient (Wildman–Crippen LogP) is 3.38. The molecule has 1 saturated carbocycles. The first kappa shape index (κ1) is 16.8. The SMILES string of the molecule is CCCNCC1(CN(C)CC(F)F)CCCC(C)C1. The molecule has 0 saturated heterocycles. The van der Waals surface area contributed by atoms with Crippen LogP contribution in [0.15, 0.2) is 0 Å². The van der Waals surface area contributed by atoms with Crippen molar-refractivity contribution in [1.29, 1.82) is 0 Å². The minimum absolute atomic E-state index is 0.107. The van der Waals surface area contributed by atoms with Crippen LogP contribution >= 0.6 is 0 Å². The van der Waals surface area contributed by atoms with Crippen molar-refractivity contribution in [3.8, 4) is 0 Å². The van der Waals surface area contributed by atoms with Crippen molar-refractivity contribution in [3.63, 3.8) is 0 Å². The molecule has 1 aliphatic carbocycles. The van der Waals surface area contributed by atoms with Crippen LogP contribution in [0.3, 0.4) is 0 Å². The van der Waals surface area contributed by atoms with E-state index in [0.29, 0.717) is 0 Å². The summed E-state index contributed by atoms with van der Waals surface area (Å²) in [4.78, 5) is 1.82. The van der Waals surface area contributed by atoms with E-state index in [0.717, 1.165) is 38.4 Å². The van der Waals surface area contributed by atoms with Crippen LogP contribution in [0.1, 0.15) is 46.0 Å². The zero-order chi connectivity index (χ0) is 14.3. The third-order valence-electron chi connectivity index (χ3n) is 4.17. The largest absolute Gasteiger partial charge is 0.316 e. The van der Waals surface area contributed by atoms with Crippen molar-refractivity contribution in [1.82, 2.24) is 10.2 Å². The molecule has 0 amide bonds. The van der Waals surface area contributed by atoms with Gasteiger partial charge in [0.1, 0.15) is 0 Å². The Morgan fingerprint density at radius 3 is 2.74 bits per heavy atom. The zero-order valence-corrected chi connectivity index (χ0v) is 12.7. The summed E-state index contributed by atoms with van der Waals surface area (Å²) in [6, 6.07) is 0.